The van der Waals surface area contributed by atoms with E-state index in [1.165, 1.54) is 13.2 Å². The molecule has 0 saturated heterocycles. The van der Waals surface area contributed by atoms with Gasteiger partial charge in [-0.15, -0.1) is 0 Å². The molecule has 2 aromatic rings. The Hall–Kier alpha value is -2.97. The number of halogens is 1. The van der Waals surface area contributed by atoms with E-state index in [1.807, 2.05) is 50.2 Å². The Morgan fingerprint density at radius 3 is 2.64 bits per heavy atom. The highest BCUT2D eigenvalue weighted by Crippen LogP contribution is 2.37. The average Bonchev–Trinajstić information content (AvgIpc) is 2.71. The molecule has 2 aromatic carbocycles. The molecule has 0 fully saturated rings. The molecule has 0 aliphatic carbocycles. The maximum Gasteiger partial charge on any atom is 0.262 e. The first-order chi connectivity index (χ1) is 13.5. The highest BCUT2D eigenvalue weighted by atomic mass is 35.5. The summed E-state index contributed by atoms with van der Waals surface area (Å²) in [6.07, 6.45) is 2.31. The molecule has 5 nitrogen and oxygen atoms in total. The third-order valence-corrected chi connectivity index (χ3v) is 4.31. The molecule has 1 amide bonds. The molecule has 0 unspecified atom stereocenters. The van der Waals surface area contributed by atoms with Gasteiger partial charge in [0.05, 0.1) is 24.8 Å². The summed E-state index contributed by atoms with van der Waals surface area (Å²) in [7, 11) is 1.51. The molecular weight excluding hydrogens is 376 g/mol. The van der Waals surface area contributed by atoms with E-state index in [1.54, 1.807) is 12.1 Å². The zero-order valence-electron chi connectivity index (χ0n) is 16.2. The van der Waals surface area contributed by atoms with E-state index >= 15 is 0 Å². The lowest BCUT2D eigenvalue weighted by atomic mass is 10.1. The number of benzene rings is 2. The van der Waals surface area contributed by atoms with Crippen molar-refractivity contribution >= 4 is 23.6 Å². The van der Waals surface area contributed by atoms with Crippen LogP contribution in [-0.4, -0.2) is 19.6 Å². The Balaban J connectivity index is 2.24. The molecule has 0 aliphatic rings. The van der Waals surface area contributed by atoms with Gasteiger partial charge in [-0.05, 0) is 42.7 Å². The molecule has 0 bridgehead atoms. The number of hydrogen-bond acceptors (Lipinski definition) is 4. The van der Waals surface area contributed by atoms with Crippen LogP contribution in [0.15, 0.2) is 48.0 Å². The molecule has 146 valence electrons. The van der Waals surface area contributed by atoms with Crippen LogP contribution in [0, 0.1) is 11.3 Å². The van der Waals surface area contributed by atoms with Crippen LogP contribution in [0.25, 0.3) is 6.08 Å². The van der Waals surface area contributed by atoms with Crippen LogP contribution in [0.4, 0.5) is 0 Å². The van der Waals surface area contributed by atoms with E-state index in [-0.39, 0.29) is 11.6 Å². The van der Waals surface area contributed by atoms with Crippen LogP contribution in [0.3, 0.4) is 0 Å². The van der Waals surface area contributed by atoms with Gasteiger partial charge < -0.3 is 14.8 Å². The van der Waals surface area contributed by atoms with Crippen LogP contribution in [-0.2, 0) is 4.79 Å². The van der Waals surface area contributed by atoms with Gasteiger partial charge in [0.2, 0.25) is 0 Å². The topological polar surface area (TPSA) is 71.3 Å². The summed E-state index contributed by atoms with van der Waals surface area (Å²) in [5.41, 5.74) is 1.50. The van der Waals surface area contributed by atoms with E-state index in [2.05, 4.69) is 5.32 Å². The number of nitrogens with zero attached hydrogens (tertiary/aromatic N) is 1. The Bertz CT molecular complexity index is 889. The number of rotatable bonds is 8. The quantitative estimate of drug-likeness (QED) is 0.506. The highest BCUT2D eigenvalue weighted by Gasteiger charge is 2.16. The molecule has 0 radical (unpaired) electrons. The third-order valence-electron chi connectivity index (χ3n) is 4.03. The number of carbonyl (C=O) groups is 1. The van der Waals surface area contributed by atoms with Gasteiger partial charge in [0, 0.05) is 0 Å². The Labute approximate surface area is 170 Å². The van der Waals surface area contributed by atoms with Crippen LogP contribution < -0.4 is 14.8 Å². The fourth-order valence-electron chi connectivity index (χ4n) is 2.58. The maximum absolute atomic E-state index is 12.5. The minimum absolute atomic E-state index is 0.0249. The molecular formula is C22H23ClN2O3. The van der Waals surface area contributed by atoms with Crippen molar-refractivity contribution in [3.63, 3.8) is 0 Å². The smallest absolute Gasteiger partial charge is 0.262 e. The summed E-state index contributed by atoms with van der Waals surface area (Å²) >= 11 is 6.30. The fourth-order valence-corrected chi connectivity index (χ4v) is 2.86. The molecule has 0 spiro atoms. The standard InChI is InChI=1S/C22H23ClN2O3/c1-4-10-28-21-19(23)12-16(13-20(21)27-3)11-18(14-24)22(26)25-15(2)17-8-6-5-7-9-17/h5-9,11-13,15H,4,10H2,1-3H3,(H,25,26)/b18-11+/t15-/m0/s1. The summed E-state index contributed by atoms with van der Waals surface area (Å²) in [5, 5.41) is 12.6. The predicted molar refractivity (Wildman–Crippen MR) is 110 cm³/mol. The van der Waals surface area contributed by atoms with Gasteiger partial charge in [0.15, 0.2) is 11.5 Å². The van der Waals surface area contributed by atoms with Gasteiger partial charge in [0.25, 0.3) is 5.91 Å². The van der Waals surface area contributed by atoms with Crippen molar-refractivity contribution in [2.24, 2.45) is 0 Å². The van der Waals surface area contributed by atoms with Crippen molar-refractivity contribution in [1.82, 2.24) is 5.32 Å². The Kier molecular flexibility index (Phi) is 7.91. The molecule has 1 atom stereocenters. The number of nitriles is 1. The van der Waals surface area contributed by atoms with Gasteiger partial charge in [-0.3, -0.25) is 4.79 Å². The van der Waals surface area contributed by atoms with Gasteiger partial charge in [-0.1, -0.05) is 48.9 Å². The first-order valence-electron chi connectivity index (χ1n) is 8.98. The summed E-state index contributed by atoms with van der Waals surface area (Å²) in [5.74, 6) is 0.437. The second-order valence-corrected chi connectivity index (χ2v) is 6.57. The number of carbonyl (C=O) groups excluding carboxylic acids is 1. The maximum atomic E-state index is 12.5. The SMILES string of the molecule is CCCOc1c(Cl)cc(/C=C(\C#N)C(=O)N[C@@H](C)c2ccccc2)cc1OC. The molecule has 0 heterocycles. The van der Waals surface area contributed by atoms with Crippen molar-refractivity contribution in [1.29, 1.82) is 5.26 Å². The lowest BCUT2D eigenvalue weighted by molar-refractivity contribution is -0.117. The van der Waals surface area contributed by atoms with Gasteiger partial charge in [0.1, 0.15) is 11.6 Å². The number of nitrogens with one attached hydrogen (secondary N) is 1. The van der Waals surface area contributed by atoms with E-state index in [4.69, 9.17) is 21.1 Å². The first-order valence-corrected chi connectivity index (χ1v) is 9.35. The summed E-state index contributed by atoms with van der Waals surface area (Å²) in [6, 6.07) is 14.6. The second kappa shape index (κ2) is 10.4. The minimum Gasteiger partial charge on any atom is -0.493 e. The van der Waals surface area contributed by atoms with E-state index in [0.29, 0.717) is 28.7 Å². The van der Waals surface area contributed by atoms with Crippen molar-refractivity contribution < 1.29 is 14.3 Å². The molecule has 0 aromatic heterocycles. The normalized spacial score (nSPS) is 12.0. The number of methoxy groups -OCH3 is 1. The summed E-state index contributed by atoms with van der Waals surface area (Å²) < 4.78 is 11.0. The van der Waals surface area contributed by atoms with Crippen molar-refractivity contribution in [2.45, 2.75) is 26.3 Å². The Morgan fingerprint density at radius 2 is 2.04 bits per heavy atom. The number of ether oxygens (including phenoxy) is 2. The van der Waals surface area contributed by atoms with E-state index < -0.39 is 5.91 Å². The van der Waals surface area contributed by atoms with Crippen LogP contribution in [0.2, 0.25) is 5.02 Å². The zero-order valence-corrected chi connectivity index (χ0v) is 16.9. The van der Waals surface area contributed by atoms with Crippen LogP contribution in [0.1, 0.15) is 37.4 Å². The van der Waals surface area contributed by atoms with Gasteiger partial charge in [-0.2, -0.15) is 5.26 Å². The molecule has 6 heteroatoms. The van der Waals surface area contributed by atoms with Crippen molar-refractivity contribution in [2.75, 3.05) is 13.7 Å². The van der Waals surface area contributed by atoms with Crippen molar-refractivity contribution in [3.05, 3.63) is 64.2 Å². The molecule has 0 aliphatic heterocycles. The fraction of sp³-hybridized carbons (Fsp3) is 0.273. The van der Waals surface area contributed by atoms with Crippen LogP contribution >= 0.6 is 11.6 Å². The van der Waals surface area contributed by atoms with Gasteiger partial charge in [-0.25, -0.2) is 0 Å². The molecule has 2 rings (SSSR count). The molecule has 1 N–H and O–H groups in total. The summed E-state index contributed by atoms with van der Waals surface area (Å²) in [4.78, 5) is 12.5. The molecule has 28 heavy (non-hydrogen) atoms. The van der Waals surface area contributed by atoms with Crippen molar-refractivity contribution in [3.8, 4) is 17.6 Å². The second-order valence-electron chi connectivity index (χ2n) is 6.16. The largest absolute Gasteiger partial charge is 0.493 e. The molecule has 0 saturated carbocycles. The first kappa shape index (κ1) is 21.3. The Morgan fingerprint density at radius 1 is 1.32 bits per heavy atom. The summed E-state index contributed by atoms with van der Waals surface area (Å²) in [6.45, 7) is 4.36. The van der Waals surface area contributed by atoms with E-state index in [9.17, 15) is 10.1 Å². The van der Waals surface area contributed by atoms with Gasteiger partial charge >= 0.3 is 0 Å². The van der Waals surface area contributed by atoms with E-state index in [0.717, 1.165) is 12.0 Å². The highest BCUT2D eigenvalue weighted by molar-refractivity contribution is 6.32. The lowest BCUT2D eigenvalue weighted by Crippen LogP contribution is -2.27. The number of hydrogen-bond donors (Lipinski definition) is 1. The van der Waals surface area contributed by atoms with Crippen LogP contribution in [0.5, 0.6) is 11.5 Å². The monoisotopic (exact) mass is 398 g/mol. The average molecular weight is 399 g/mol. The predicted octanol–water partition coefficient (Wildman–Crippen LogP) is 4.92. The zero-order chi connectivity index (χ0) is 20.5. The third kappa shape index (κ3) is 5.51. The minimum atomic E-state index is -0.458. The number of amides is 1. The lowest BCUT2D eigenvalue weighted by Gasteiger charge is -2.14.